The number of nitro groups is 1. The van der Waals surface area contributed by atoms with Crippen LogP contribution in [0.4, 0.5) is 11.5 Å². The number of rotatable bonds is 5. The molecule has 1 aromatic carbocycles. The minimum absolute atomic E-state index is 0.0580. The topological polar surface area (TPSA) is 85.0 Å². The SMILES string of the molecule is Cc1ncc([N+](=O)[O-])n1CCNC(=S)Nc1c(Cl)cccc1Cl. The Morgan fingerprint density at radius 3 is 2.70 bits per heavy atom. The summed E-state index contributed by atoms with van der Waals surface area (Å²) < 4.78 is 1.50. The van der Waals surface area contributed by atoms with Crippen molar-refractivity contribution in [3.8, 4) is 0 Å². The third-order valence-corrected chi connectivity index (χ3v) is 3.92. The summed E-state index contributed by atoms with van der Waals surface area (Å²) in [4.78, 5) is 14.4. The monoisotopic (exact) mass is 373 g/mol. The predicted molar refractivity (Wildman–Crippen MR) is 94.3 cm³/mol. The molecule has 1 heterocycles. The smallest absolute Gasteiger partial charge is 0.342 e. The zero-order valence-corrected chi connectivity index (χ0v) is 14.4. The van der Waals surface area contributed by atoms with Crippen LogP contribution in [0, 0.1) is 17.0 Å². The van der Waals surface area contributed by atoms with Crippen molar-refractivity contribution in [2.45, 2.75) is 13.5 Å². The molecule has 0 saturated heterocycles. The lowest BCUT2D eigenvalue weighted by Crippen LogP contribution is -2.31. The molecule has 10 heteroatoms. The quantitative estimate of drug-likeness (QED) is 0.474. The van der Waals surface area contributed by atoms with Crippen molar-refractivity contribution in [2.75, 3.05) is 11.9 Å². The van der Waals surface area contributed by atoms with Crippen LogP contribution in [-0.2, 0) is 6.54 Å². The highest BCUT2D eigenvalue weighted by atomic mass is 35.5. The Hall–Kier alpha value is -1.90. The maximum atomic E-state index is 10.9. The van der Waals surface area contributed by atoms with Gasteiger partial charge in [0.05, 0.1) is 22.3 Å². The molecule has 2 aromatic rings. The van der Waals surface area contributed by atoms with Gasteiger partial charge in [-0.1, -0.05) is 29.3 Å². The van der Waals surface area contributed by atoms with E-state index in [2.05, 4.69) is 15.6 Å². The van der Waals surface area contributed by atoms with Gasteiger partial charge in [-0.05, 0) is 29.3 Å². The summed E-state index contributed by atoms with van der Waals surface area (Å²) in [5.74, 6) is 0.504. The molecule has 0 unspecified atom stereocenters. The first-order valence-electron chi connectivity index (χ1n) is 6.55. The molecule has 0 amide bonds. The van der Waals surface area contributed by atoms with Crippen molar-refractivity contribution in [3.63, 3.8) is 0 Å². The molecule has 0 radical (unpaired) electrons. The molecule has 2 rings (SSSR count). The summed E-state index contributed by atoms with van der Waals surface area (Å²) in [6, 6.07) is 5.11. The molecule has 1 aromatic heterocycles. The number of halogens is 2. The van der Waals surface area contributed by atoms with Gasteiger partial charge in [0, 0.05) is 6.92 Å². The zero-order valence-electron chi connectivity index (χ0n) is 12.0. The number of nitrogens with one attached hydrogen (secondary N) is 2. The van der Waals surface area contributed by atoms with E-state index in [1.807, 2.05) is 0 Å². The summed E-state index contributed by atoms with van der Waals surface area (Å²) in [7, 11) is 0. The molecular weight excluding hydrogens is 361 g/mol. The number of hydrogen-bond donors (Lipinski definition) is 2. The number of hydrogen-bond acceptors (Lipinski definition) is 4. The van der Waals surface area contributed by atoms with E-state index >= 15 is 0 Å². The molecule has 0 bridgehead atoms. The maximum absolute atomic E-state index is 10.9. The Kier molecular flexibility index (Phi) is 5.75. The molecule has 0 saturated carbocycles. The minimum Gasteiger partial charge on any atom is -0.358 e. The van der Waals surface area contributed by atoms with E-state index < -0.39 is 4.92 Å². The maximum Gasteiger partial charge on any atom is 0.342 e. The summed E-state index contributed by atoms with van der Waals surface area (Å²) in [5.41, 5.74) is 0.512. The Morgan fingerprint density at radius 2 is 2.09 bits per heavy atom. The number of imidazole rings is 1. The second-order valence-corrected chi connectivity index (χ2v) is 5.77. The first-order chi connectivity index (χ1) is 10.9. The van der Waals surface area contributed by atoms with E-state index in [4.69, 9.17) is 35.4 Å². The van der Waals surface area contributed by atoms with E-state index in [0.717, 1.165) is 0 Å². The summed E-state index contributed by atoms with van der Waals surface area (Å²) in [6.45, 7) is 2.43. The highest BCUT2D eigenvalue weighted by molar-refractivity contribution is 7.80. The minimum atomic E-state index is -0.472. The van der Waals surface area contributed by atoms with Crippen LogP contribution in [0.25, 0.3) is 0 Å². The molecule has 0 aliphatic heterocycles. The van der Waals surface area contributed by atoms with Crippen molar-refractivity contribution in [2.24, 2.45) is 0 Å². The van der Waals surface area contributed by atoms with Gasteiger partial charge in [0.25, 0.3) is 0 Å². The number of nitrogens with zero attached hydrogens (tertiary/aromatic N) is 3. The van der Waals surface area contributed by atoms with E-state index in [0.29, 0.717) is 39.8 Å². The van der Waals surface area contributed by atoms with Crippen LogP contribution < -0.4 is 10.6 Å². The van der Waals surface area contributed by atoms with Crippen molar-refractivity contribution in [1.29, 1.82) is 0 Å². The van der Waals surface area contributed by atoms with Crippen LogP contribution in [0.5, 0.6) is 0 Å². The molecule has 0 fully saturated rings. The van der Waals surface area contributed by atoms with Crippen LogP contribution >= 0.6 is 35.4 Å². The summed E-state index contributed by atoms with van der Waals surface area (Å²) in [5, 5.41) is 18.0. The molecule has 0 aliphatic carbocycles. The third-order valence-electron chi connectivity index (χ3n) is 3.04. The van der Waals surface area contributed by atoms with Crippen LogP contribution in [0.1, 0.15) is 5.82 Å². The molecule has 2 N–H and O–H groups in total. The van der Waals surface area contributed by atoms with E-state index in [1.165, 1.54) is 10.8 Å². The first-order valence-corrected chi connectivity index (χ1v) is 7.72. The number of para-hydroxylation sites is 1. The van der Waals surface area contributed by atoms with Crippen LogP contribution in [0.15, 0.2) is 24.4 Å². The Morgan fingerprint density at radius 1 is 1.43 bits per heavy atom. The predicted octanol–water partition coefficient (Wildman–Crippen LogP) is 3.39. The number of aryl methyl sites for hydroxylation is 1. The van der Waals surface area contributed by atoms with Gasteiger partial charge >= 0.3 is 5.82 Å². The van der Waals surface area contributed by atoms with Crippen LogP contribution in [-0.4, -0.2) is 26.1 Å². The van der Waals surface area contributed by atoms with Crippen LogP contribution in [0.2, 0.25) is 10.0 Å². The van der Waals surface area contributed by atoms with E-state index in [1.54, 1.807) is 25.1 Å². The van der Waals surface area contributed by atoms with Gasteiger partial charge in [-0.25, -0.2) is 9.55 Å². The largest absolute Gasteiger partial charge is 0.358 e. The third kappa shape index (κ3) is 4.31. The fourth-order valence-corrected chi connectivity index (χ4v) is 2.63. The van der Waals surface area contributed by atoms with Gasteiger partial charge < -0.3 is 20.7 Å². The highest BCUT2D eigenvalue weighted by Crippen LogP contribution is 2.29. The molecule has 122 valence electrons. The van der Waals surface area contributed by atoms with Gasteiger partial charge in [0.2, 0.25) is 0 Å². The number of aromatic nitrogens is 2. The zero-order chi connectivity index (χ0) is 17.0. The molecule has 0 aliphatic rings. The molecular formula is C13H13Cl2N5O2S. The normalized spacial score (nSPS) is 10.4. The average molecular weight is 374 g/mol. The highest BCUT2D eigenvalue weighted by Gasteiger charge is 2.16. The van der Waals surface area contributed by atoms with Gasteiger partial charge in [0.1, 0.15) is 12.7 Å². The lowest BCUT2D eigenvalue weighted by Gasteiger charge is -2.12. The van der Waals surface area contributed by atoms with Crippen molar-refractivity contribution in [3.05, 3.63) is 50.4 Å². The van der Waals surface area contributed by atoms with Gasteiger partial charge in [-0.15, -0.1) is 0 Å². The van der Waals surface area contributed by atoms with Crippen molar-refractivity contribution < 1.29 is 4.92 Å². The van der Waals surface area contributed by atoms with Crippen molar-refractivity contribution >= 4 is 52.0 Å². The average Bonchev–Trinajstić information content (AvgIpc) is 2.85. The number of thiocarbonyl (C=S) groups is 1. The lowest BCUT2D eigenvalue weighted by atomic mass is 10.3. The lowest BCUT2D eigenvalue weighted by molar-refractivity contribution is -0.392. The standard InChI is InChI=1S/C13H13Cl2N5O2S/c1-8-17-7-11(20(21)22)19(8)6-5-16-13(23)18-12-9(14)3-2-4-10(12)15/h2-4,7H,5-6H2,1H3,(H2,16,18,23). The second kappa shape index (κ2) is 7.58. The molecule has 0 spiro atoms. The van der Waals surface area contributed by atoms with Gasteiger partial charge in [-0.3, -0.25) is 0 Å². The van der Waals surface area contributed by atoms with Crippen molar-refractivity contribution in [1.82, 2.24) is 14.9 Å². The molecule has 23 heavy (non-hydrogen) atoms. The summed E-state index contributed by atoms with van der Waals surface area (Å²) >= 11 is 17.3. The Bertz CT molecular complexity index is 730. The van der Waals surface area contributed by atoms with Gasteiger partial charge in [0.15, 0.2) is 10.9 Å². The van der Waals surface area contributed by atoms with E-state index in [-0.39, 0.29) is 5.82 Å². The van der Waals surface area contributed by atoms with E-state index in [9.17, 15) is 10.1 Å². The molecule has 0 atom stereocenters. The molecule has 7 nitrogen and oxygen atoms in total. The Labute approximate surface area is 147 Å². The van der Waals surface area contributed by atoms with Crippen LogP contribution in [0.3, 0.4) is 0 Å². The number of anilines is 1. The fourth-order valence-electron chi connectivity index (χ4n) is 1.93. The summed E-state index contributed by atoms with van der Waals surface area (Å²) in [6.07, 6.45) is 1.23. The second-order valence-electron chi connectivity index (χ2n) is 4.55. The fraction of sp³-hybridized carbons (Fsp3) is 0.231. The number of benzene rings is 1. The van der Waals surface area contributed by atoms with Gasteiger partial charge in [-0.2, -0.15) is 0 Å². The first kappa shape index (κ1) is 17.5. The Balaban J connectivity index is 1.93.